The highest BCUT2D eigenvalue weighted by atomic mass is 32.2. The number of thioether (sulfide) groups is 1. The van der Waals surface area contributed by atoms with Gasteiger partial charge in [-0.15, -0.1) is 0 Å². The van der Waals surface area contributed by atoms with Crippen LogP contribution in [0.4, 0.5) is 0 Å². The van der Waals surface area contributed by atoms with Crippen LogP contribution in [0.15, 0.2) is 24.3 Å². The Balaban J connectivity index is 2.80. The molecule has 0 fully saturated rings. The number of rotatable bonds is 9. The zero-order valence-corrected chi connectivity index (χ0v) is 14.0. The zero-order valence-electron chi connectivity index (χ0n) is 13.1. The van der Waals surface area contributed by atoms with Gasteiger partial charge in [0.15, 0.2) is 0 Å². The molecule has 0 aliphatic carbocycles. The maximum absolute atomic E-state index is 6.01. The van der Waals surface area contributed by atoms with Crippen molar-refractivity contribution in [3.05, 3.63) is 29.8 Å². The predicted molar refractivity (Wildman–Crippen MR) is 89.6 cm³/mol. The van der Waals surface area contributed by atoms with Crippen LogP contribution in [-0.2, 0) is 0 Å². The highest BCUT2D eigenvalue weighted by Crippen LogP contribution is 2.25. The Labute approximate surface area is 127 Å². The first-order chi connectivity index (χ1) is 9.63. The van der Waals surface area contributed by atoms with E-state index in [-0.39, 0.29) is 6.04 Å². The average Bonchev–Trinajstić information content (AvgIpc) is 2.46. The van der Waals surface area contributed by atoms with Gasteiger partial charge in [-0.2, -0.15) is 11.8 Å². The van der Waals surface area contributed by atoms with Crippen LogP contribution in [0.3, 0.4) is 0 Å². The number of likely N-dealkylation sites (N-methyl/N-ethyl adjacent to an activating group) is 1. The van der Waals surface area contributed by atoms with Crippen molar-refractivity contribution in [3.8, 4) is 5.75 Å². The van der Waals surface area contributed by atoms with Crippen LogP contribution in [-0.4, -0.2) is 43.1 Å². The Kier molecular flexibility index (Phi) is 8.04. The SMILES string of the molecule is CCOc1cccc(C(CN)N(C)C(C)CCSC)c1. The van der Waals surface area contributed by atoms with E-state index < -0.39 is 0 Å². The molecule has 20 heavy (non-hydrogen) atoms. The number of hydrogen-bond donors (Lipinski definition) is 1. The summed E-state index contributed by atoms with van der Waals surface area (Å²) in [6.45, 7) is 5.58. The van der Waals surface area contributed by atoms with Gasteiger partial charge in [-0.3, -0.25) is 4.90 Å². The summed E-state index contributed by atoms with van der Waals surface area (Å²) in [5, 5.41) is 0. The van der Waals surface area contributed by atoms with Gasteiger partial charge in [0.05, 0.1) is 6.61 Å². The second kappa shape index (κ2) is 9.27. The van der Waals surface area contributed by atoms with Gasteiger partial charge in [0.2, 0.25) is 0 Å². The number of nitrogens with two attached hydrogens (primary N) is 1. The van der Waals surface area contributed by atoms with Crippen LogP contribution in [0.25, 0.3) is 0 Å². The maximum Gasteiger partial charge on any atom is 0.119 e. The first-order valence-electron chi connectivity index (χ1n) is 7.27. The van der Waals surface area contributed by atoms with Crippen LogP contribution in [0.5, 0.6) is 5.75 Å². The molecule has 0 heterocycles. The molecule has 3 nitrogen and oxygen atoms in total. The van der Waals surface area contributed by atoms with E-state index in [1.165, 1.54) is 17.7 Å². The van der Waals surface area contributed by atoms with Crippen molar-refractivity contribution in [2.75, 3.05) is 32.2 Å². The van der Waals surface area contributed by atoms with Gasteiger partial charge >= 0.3 is 0 Å². The van der Waals surface area contributed by atoms with E-state index in [1.807, 2.05) is 30.8 Å². The highest BCUT2D eigenvalue weighted by molar-refractivity contribution is 7.98. The summed E-state index contributed by atoms with van der Waals surface area (Å²) in [6.07, 6.45) is 3.33. The van der Waals surface area contributed by atoms with Crippen LogP contribution in [0.1, 0.15) is 31.9 Å². The van der Waals surface area contributed by atoms with E-state index in [0.717, 1.165) is 5.75 Å². The lowest BCUT2D eigenvalue weighted by molar-refractivity contribution is 0.185. The van der Waals surface area contributed by atoms with Crippen molar-refractivity contribution >= 4 is 11.8 Å². The third kappa shape index (κ3) is 5.00. The summed E-state index contributed by atoms with van der Waals surface area (Å²) < 4.78 is 5.58. The van der Waals surface area contributed by atoms with E-state index >= 15 is 0 Å². The van der Waals surface area contributed by atoms with Crippen molar-refractivity contribution in [1.29, 1.82) is 0 Å². The fourth-order valence-corrected chi connectivity index (χ4v) is 2.89. The smallest absolute Gasteiger partial charge is 0.119 e. The van der Waals surface area contributed by atoms with E-state index in [9.17, 15) is 0 Å². The molecule has 2 N–H and O–H groups in total. The Morgan fingerprint density at radius 3 is 2.75 bits per heavy atom. The Bertz CT molecular complexity index is 386. The molecule has 0 aliphatic heterocycles. The first-order valence-corrected chi connectivity index (χ1v) is 8.67. The summed E-state index contributed by atoms with van der Waals surface area (Å²) in [7, 11) is 2.16. The standard InChI is InChI=1S/C16H28N2OS/c1-5-19-15-8-6-7-14(11-15)16(12-17)18(3)13(2)9-10-20-4/h6-8,11,13,16H,5,9-10,12,17H2,1-4H3. The number of benzene rings is 1. The first kappa shape index (κ1) is 17.3. The normalized spacial score (nSPS) is 14.3. The fourth-order valence-electron chi connectivity index (χ4n) is 2.31. The molecular weight excluding hydrogens is 268 g/mol. The zero-order chi connectivity index (χ0) is 15.0. The van der Waals surface area contributed by atoms with Crippen molar-refractivity contribution in [1.82, 2.24) is 4.90 Å². The van der Waals surface area contributed by atoms with Crippen molar-refractivity contribution in [2.24, 2.45) is 5.73 Å². The fraction of sp³-hybridized carbons (Fsp3) is 0.625. The van der Waals surface area contributed by atoms with Crippen LogP contribution in [0.2, 0.25) is 0 Å². The number of nitrogens with zero attached hydrogens (tertiary/aromatic N) is 1. The molecule has 0 aromatic heterocycles. The van der Waals surface area contributed by atoms with Gasteiger partial charge in [-0.25, -0.2) is 0 Å². The molecule has 2 atom stereocenters. The quantitative estimate of drug-likeness (QED) is 0.760. The molecule has 114 valence electrons. The summed E-state index contributed by atoms with van der Waals surface area (Å²) in [6, 6.07) is 9.05. The van der Waals surface area contributed by atoms with Gasteiger partial charge in [0.25, 0.3) is 0 Å². The van der Waals surface area contributed by atoms with Gasteiger partial charge < -0.3 is 10.5 Å². The lowest BCUT2D eigenvalue weighted by atomic mass is 10.0. The van der Waals surface area contributed by atoms with Gasteiger partial charge in [-0.1, -0.05) is 12.1 Å². The van der Waals surface area contributed by atoms with Crippen LogP contribution in [0, 0.1) is 0 Å². The molecule has 2 unspecified atom stereocenters. The minimum absolute atomic E-state index is 0.243. The Hall–Kier alpha value is -0.710. The van der Waals surface area contributed by atoms with Crippen LogP contribution < -0.4 is 10.5 Å². The lowest BCUT2D eigenvalue weighted by Gasteiger charge is -2.33. The summed E-state index contributed by atoms with van der Waals surface area (Å²) in [4.78, 5) is 2.38. The molecule has 0 bridgehead atoms. The molecule has 0 spiro atoms. The maximum atomic E-state index is 6.01. The summed E-state index contributed by atoms with van der Waals surface area (Å²) >= 11 is 1.89. The molecule has 0 saturated heterocycles. The third-order valence-corrected chi connectivity index (χ3v) is 4.35. The molecule has 0 aliphatic rings. The van der Waals surface area contributed by atoms with Gasteiger partial charge in [0, 0.05) is 18.6 Å². The molecule has 1 aromatic rings. The van der Waals surface area contributed by atoms with E-state index in [0.29, 0.717) is 19.2 Å². The lowest BCUT2D eigenvalue weighted by Crippen LogP contribution is -2.37. The van der Waals surface area contributed by atoms with E-state index in [1.54, 1.807) is 0 Å². The summed E-state index contributed by atoms with van der Waals surface area (Å²) in [5.74, 6) is 2.11. The van der Waals surface area contributed by atoms with Crippen LogP contribution >= 0.6 is 11.8 Å². The van der Waals surface area contributed by atoms with Crippen molar-refractivity contribution < 1.29 is 4.74 Å². The van der Waals surface area contributed by atoms with E-state index in [4.69, 9.17) is 10.5 Å². The average molecular weight is 296 g/mol. The minimum atomic E-state index is 0.243. The second-order valence-electron chi connectivity index (χ2n) is 5.05. The topological polar surface area (TPSA) is 38.5 Å². The third-order valence-electron chi connectivity index (χ3n) is 3.70. The number of hydrogen-bond acceptors (Lipinski definition) is 4. The molecule has 0 radical (unpaired) electrons. The number of ether oxygens (including phenoxy) is 1. The molecule has 0 saturated carbocycles. The van der Waals surface area contributed by atoms with Gasteiger partial charge in [0.1, 0.15) is 5.75 Å². The monoisotopic (exact) mass is 296 g/mol. The Morgan fingerprint density at radius 1 is 1.40 bits per heavy atom. The highest BCUT2D eigenvalue weighted by Gasteiger charge is 2.20. The Morgan fingerprint density at radius 2 is 2.15 bits per heavy atom. The molecule has 0 amide bonds. The second-order valence-corrected chi connectivity index (χ2v) is 6.04. The molecule has 1 rings (SSSR count). The van der Waals surface area contributed by atoms with Crippen molar-refractivity contribution in [3.63, 3.8) is 0 Å². The minimum Gasteiger partial charge on any atom is -0.494 e. The van der Waals surface area contributed by atoms with Gasteiger partial charge in [-0.05, 0) is 57.0 Å². The van der Waals surface area contributed by atoms with Crippen molar-refractivity contribution in [2.45, 2.75) is 32.4 Å². The summed E-state index contributed by atoms with van der Waals surface area (Å²) in [5.41, 5.74) is 7.24. The molecule has 4 heteroatoms. The molecular formula is C16H28N2OS. The molecule has 1 aromatic carbocycles. The van der Waals surface area contributed by atoms with E-state index in [2.05, 4.69) is 37.3 Å². The largest absolute Gasteiger partial charge is 0.494 e. The predicted octanol–water partition coefficient (Wildman–Crippen LogP) is 3.16.